The Bertz CT molecular complexity index is 864. The number of para-hydroxylation sites is 1. The zero-order valence-electron chi connectivity index (χ0n) is 12.3. The third-order valence-corrected chi connectivity index (χ3v) is 3.98. The largest absolute Gasteiger partial charge is 0.477 e. The van der Waals surface area contributed by atoms with E-state index in [0.29, 0.717) is 11.4 Å². The summed E-state index contributed by atoms with van der Waals surface area (Å²) in [5.74, 6) is -1.37. The van der Waals surface area contributed by atoms with Crippen LogP contribution >= 0.6 is 23.2 Å². The first kappa shape index (κ1) is 17.1. The van der Waals surface area contributed by atoms with Gasteiger partial charge in [0.25, 0.3) is 5.56 Å². The fraction of sp³-hybridized carbons (Fsp3) is 0.133. The molecule has 1 heterocycles. The molecule has 23 heavy (non-hydrogen) atoms. The number of hydrogen-bond acceptors (Lipinski definition) is 3. The number of rotatable bonds is 4. The summed E-state index contributed by atoms with van der Waals surface area (Å²) in [5.41, 5.74) is 1.11. The average molecular weight is 354 g/mol. The number of halogens is 2. The molecule has 0 aliphatic rings. The first-order valence-electron chi connectivity index (χ1n) is 6.51. The van der Waals surface area contributed by atoms with Crippen LogP contribution in [0.15, 0.2) is 50.2 Å². The van der Waals surface area contributed by atoms with Crippen LogP contribution in [0.25, 0.3) is 5.69 Å². The predicted octanol–water partition coefficient (Wildman–Crippen LogP) is 2.96. The highest BCUT2D eigenvalue weighted by Gasteiger charge is 2.15. The number of allylic oxidation sites excluding steroid dienone is 1. The van der Waals surface area contributed by atoms with Crippen LogP contribution < -0.4 is 5.56 Å². The van der Waals surface area contributed by atoms with Crippen LogP contribution in [-0.2, 0) is 11.8 Å². The first-order valence-corrected chi connectivity index (χ1v) is 7.26. The molecule has 2 rings (SSSR count). The second-order valence-electron chi connectivity index (χ2n) is 4.64. The van der Waals surface area contributed by atoms with Crippen molar-refractivity contribution in [2.24, 2.45) is 12.0 Å². The predicted molar refractivity (Wildman–Crippen MR) is 90.3 cm³/mol. The molecule has 8 heteroatoms. The van der Waals surface area contributed by atoms with Crippen molar-refractivity contribution in [2.45, 2.75) is 6.92 Å². The Kier molecular flexibility index (Phi) is 5.08. The zero-order chi connectivity index (χ0) is 17.1. The summed E-state index contributed by atoms with van der Waals surface area (Å²) >= 11 is 11.3. The molecule has 0 fully saturated rings. The molecule has 0 saturated carbocycles. The first-order chi connectivity index (χ1) is 10.8. The van der Waals surface area contributed by atoms with Crippen LogP contribution in [0.3, 0.4) is 0 Å². The Balaban J connectivity index is 2.53. The molecule has 0 aliphatic carbocycles. The molecule has 2 aromatic rings. The number of aliphatic imine (C=N–C) groups is 1. The molecule has 0 bridgehead atoms. The number of aromatic nitrogens is 2. The number of aliphatic carboxylic acids is 1. The molecule has 0 spiro atoms. The van der Waals surface area contributed by atoms with E-state index in [4.69, 9.17) is 28.3 Å². The Labute approximate surface area is 141 Å². The lowest BCUT2D eigenvalue weighted by atomic mass is 10.3. The van der Waals surface area contributed by atoms with Gasteiger partial charge in [-0.2, -0.15) is 0 Å². The molecule has 0 amide bonds. The Morgan fingerprint density at radius 2 is 1.87 bits per heavy atom. The SMILES string of the molecule is Cc1c(N=C/C(Cl)=C(/Cl)C(=O)O)c(=O)n(-c2ccccc2)n1C. The lowest BCUT2D eigenvalue weighted by Crippen LogP contribution is -2.19. The lowest BCUT2D eigenvalue weighted by molar-refractivity contribution is -0.131. The number of nitrogens with zero attached hydrogens (tertiary/aromatic N) is 3. The van der Waals surface area contributed by atoms with Gasteiger partial charge >= 0.3 is 5.97 Å². The average Bonchev–Trinajstić information content (AvgIpc) is 2.75. The van der Waals surface area contributed by atoms with Crippen LogP contribution in [0, 0.1) is 6.92 Å². The Morgan fingerprint density at radius 1 is 1.26 bits per heavy atom. The van der Waals surface area contributed by atoms with Gasteiger partial charge in [-0.1, -0.05) is 41.4 Å². The van der Waals surface area contributed by atoms with E-state index < -0.39 is 11.0 Å². The van der Waals surface area contributed by atoms with E-state index >= 15 is 0 Å². The van der Waals surface area contributed by atoms with Crippen molar-refractivity contribution in [1.29, 1.82) is 0 Å². The number of carboxylic acids is 1. The third kappa shape index (κ3) is 3.38. The lowest BCUT2D eigenvalue weighted by Gasteiger charge is -2.07. The van der Waals surface area contributed by atoms with Gasteiger partial charge in [0.05, 0.1) is 16.4 Å². The summed E-state index contributed by atoms with van der Waals surface area (Å²) in [5, 5.41) is 7.93. The van der Waals surface area contributed by atoms with Crippen molar-refractivity contribution in [3.63, 3.8) is 0 Å². The van der Waals surface area contributed by atoms with Gasteiger partial charge in [0, 0.05) is 13.3 Å². The van der Waals surface area contributed by atoms with Gasteiger partial charge in [-0.25, -0.2) is 14.5 Å². The fourth-order valence-electron chi connectivity index (χ4n) is 1.98. The summed E-state index contributed by atoms with van der Waals surface area (Å²) < 4.78 is 3.11. The van der Waals surface area contributed by atoms with E-state index in [9.17, 15) is 9.59 Å². The minimum absolute atomic E-state index is 0.157. The van der Waals surface area contributed by atoms with Gasteiger partial charge in [-0.3, -0.25) is 9.48 Å². The number of hydrogen-bond donors (Lipinski definition) is 1. The molecule has 120 valence electrons. The summed E-state index contributed by atoms with van der Waals surface area (Å²) in [4.78, 5) is 27.3. The zero-order valence-corrected chi connectivity index (χ0v) is 13.8. The van der Waals surface area contributed by atoms with Crippen molar-refractivity contribution in [3.05, 3.63) is 56.4 Å². The van der Waals surface area contributed by atoms with E-state index in [1.807, 2.05) is 18.2 Å². The van der Waals surface area contributed by atoms with Crippen molar-refractivity contribution in [2.75, 3.05) is 0 Å². The van der Waals surface area contributed by atoms with Gasteiger partial charge in [0.1, 0.15) is 5.03 Å². The Hall–Kier alpha value is -2.31. The monoisotopic (exact) mass is 353 g/mol. The third-order valence-electron chi connectivity index (χ3n) is 3.23. The summed E-state index contributed by atoms with van der Waals surface area (Å²) in [6.07, 6.45) is 1.05. The van der Waals surface area contributed by atoms with Crippen LogP contribution in [0.5, 0.6) is 0 Å². The molecule has 0 atom stereocenters. The molecule has 0 aliphatic heterocycles. The summed E-state index contributed by atoms with van der Waals surface area (Å²) in [6.45, 7) is 1.73. The Morgan fingerprint density at radius 3 is 2.43 bits per heavy atom. The molecular weight excluding hydrogens is 341 g/mol. The summed E-state index contributed by atoms with van der Waals surface area (Å²) in [7, 11) is 1.73. The van der Waals surface area contributed by atoms with Crippen molar-refractivity contribution >= 4 is 41.1 Å². The van der Waals surface area contributed by atoms with Gasteiger partial charge in [0.2, 0.25) is 0 Å². The van der Waals surface area contributed by atoms with Crippen LogP contribution in [0.4, 0.5) is 5.69 Å². The van der Waals surface area contributed by atoms with Gasteiger partial charge in [-0.15, -0.1) is 0 Å². The molecule has 0 unspecified atom stereocenters. The topological polar surface area (TPSA) is 76.6 Å². The fourth-order valence-corrected chi connectivity index (χ4v) is 2.16. The van der Waals surface area contributed by atoms with Gasteiger partial charge in [0.15, 0.2) is 5.69 Å². The molecule has 0 radical (unpaired) electrons. The van der Waals surface area contributed by atoms with E-state index in [1.54, 1.807) is 30.8 Å². The normalized spacial score (nSPS) is 12.5. The molecule has 1 aromatic heterocycles. The molecule has 0 saturated heterocycles. The maximum Gasteiger partial charge on any atom is 0.348 e. The maximum atomic E-state index is 12.5. The smallest absolute Gasteiger partial charge is 0.348 e. The van der Waals surface area contributed by atoms with Crippen LogP contribution in [-0.4, -0.2) is 26.7 Å². The highest BCUT2D eigenvalue weighted by Crippen LogP contribution is 2.18. The van der Waals surface area contributed by atoms with E-state index in [-0.39, 0.29) is 16.3 Å². The van der Waals surface area contributed by atoms with Gasteiger partial charge in [-0.05, 0) is 19.1 Å². The van der Waals surface area contributed by atoms with E-state index in [0.717, 1.165) is 6.21 Å². The maximum absolute atomic E-state index is 12.5. The minimum atomic E-state index is -1.37. The van der Waals surface area contributed by atoms with Gasteiger partial charge < -0.3 is 5.11 Å². The second kappa shape index (κ2) is 6.85. The molecular formula is C15H13Cl2N3O3. The standard InChI is InChI=1S/C15H13Cl2N3O3/c1-9-13(18-8-11(16)12(17)15(22)23)14(21)20(19(9)2)10-6-4-3-5-7-10/h3-8H,1-2H3,(H,22,23)/b12-11-,18-8?. The number of carbonyl (C=O) groups is 1. The van der Waals surface area contributed by atoms with Crippen molar-refractivity contribution < 1.29 is 9.90 Å². The van der Waals surface area contributed by atoms with Crippen molar-refractivity contribution in [3.8, 4) is 5.69 Å². The van der Waals surface area contributed by atoms with Crippen LogP contribution in [0.2, 0.25) is 0 Å². The quantitative estimate of drug-likeness (QED) is 0.677. The van der Waals surface area contributed by atoms with E-state index in [2.05, 4.69) is 4.99 Å². The molecule has 1 N–H and O–H groups in total. The summed E-state index contributed by atoms with van der Waals surface area (Å²) in [6, 6.07) is 9.07. The highest BCUT2D eigenvalue weighted by atomic mass is 35.5. The molecule has 1 aromatic carbocycles. The molecule has 6 nitrogen and oxygen atoms in total. The number of carboxylic acid groups (broad SMARTS) is 1. The van der Waals surface area contributed by atoms with Crippen molar-refractivity contribution in [1.82, 2.24) is 9.36 Å². The second-order valence-corrected chi connectivity index (χ2v) is 5.42. The minimum Gasteiger partial charge on any atom is -0.477 e. The van der Waals surface area contributed by atoms with E-state index in [1.165, 1.54) is 4.68 Å². The van der Waals surface area contributed by atoms with Crippen LogP contribution in [0.1, 0.15) is 5.69 Å². The number of benzene rings is 1. The highest BCUT2D eigenvalue weighted by molar-refractivity contribution is 6.51.